The molecule has 1 aliphatic rings. The maximum Gasteiger partial charge on any atom is 0.254 e. The number of nitrogens with zero attached hydrogens (tertiary/aromatic N) is 3. The summed E-state index contributed by atoms with van der Waals surface area (Å²) in [5.41, 5.74) is 4.16. The van der Waals surface area contributed by atoms with Crippen molar-refractivity contribution in [1.29, 1.82) is 0 Å². The molecule has 0 saturated heterocycles. The van der Waals surface area contributed by atoms with Crippen molar-refractivity contribution in [2.45, 2.75) is 19.2 Å². The number of amides is 1. The molecule has 2 heterocycles. The van der Waals surface area contributed by atoms with Gasteiger partial charge >= 0.3 is 0 Å². The van der Waals surface area contributed by atoms with Crippen LogP contribution in [0.1, 0.15) is 33.1 Å². The van der Waals surface area contributed by atoms with E-state index in [4.69, 9.17) is 4.74 Å². The average molecular weight is 347 g/mol. The number of fused-ring (bicyclic) bond motifs is 1. The van der Waals surface area contributed by atoms with Gasteiger partial charge in [-0.05, 0) is 34.9 Å². The standard InChI is InChI=1S/C21H21N3O2/c1-26-15-16-7-9-17(10-8-16)21(25)23-13-18-5-2-3-6-19(18)20(14-23)24-12-4-11-22-24/h2-12,20H,13-15H2,1H3/t20-/m1/s1. The van der Waals surface area contributed by atoms with Crippen molar-refractivity contribution in [2.75, 3.05) is 13.7 Å². The predicted octanol–water partition coefficient (Wildman–Crippen LogP) is 3.27. The highest BCUT2D eigenvalue weighted by atomic mass is 16.5. The fourth-order valence-electron chi connectivity index (χ4n) is 3.52. The third-order valence-electron chi connectivity index (χ3n) is 4.81. The Labute approximate surface area is 152 Å². The van der Waals surface area contributed by atoms with Gasteiger partial charge in [-0.2, -0.15) is 5.10 Å². The van der Waals surface area contributed by atoms with Crippen LogP contribution in [0.25, 0.3) is 0 Å². The van der Waals surface area contributed by atoms with E-state index >= 15 is 0 Å². The average Bonchev–Trinajstić information content (AvgIpc) is 3.22. The molecule has 3 aromatic rings. The molecule has 0 fully saturated rings. The summed E-state index contributed by atoms with van der Waals surface area (Å²) < 4.78 is 7.06. The molecule has 0 unspecified atom stereocenters. The minimum atomic E-state index is 0.0339. The van der Waals surface area contributed by atoms with Crippen LogP contribution in [0.2, 0.25) is 0 Å². The minimum Gasteiger partial charge on any atom is -0.380 e. The Kier molecular flexibility index (Phi) is 4.54. The molecule has 132 valence electrons. The zero-order valence-corrected chi connectivity index (χ0v) is 14.7. The van der Waals surface area contributed by atoms with Gasteiger partial charge in [0.15, 0.2) is 0 Å². The number of methoxy groups -OCH3 is 1. The van der Waals surface area contributed by atoms with Crippen molar-refractivity contribution < 1.29 is 9.53 Å². The summed E-state index contributed by atoms with van der Waals surface area (Å²) in [7, 11) is 1.67. The van der Waals surface area contributed by atoms with Gasteiger partial charge in [0, 0.05) is 38.2 Å². The number of carbonyl (C=O) groups is 1. The molecule has 26 heavy (non-hydrogen) atoms. The van der Waals surface area contributed by atoms with Crippen LogP contribution in [0, 0.1) is 0 Å². The number of hydrogen-bond acceptors (Lipinski definition) is 3. The Hall–Kier alpha value is -2.92. The van der Waals surface area contributed by atoms with Crippen molar-refractivity contribution in [2.24, 2.45) is 0 Å². The lowest BCUT2D eigenvalue weighted by Gasteiger charge is -2.35. The van der Waals surface area contributed by atoms with Crippen LogP contribution in [0.4, 0.5) is 0 Å². The largest absolute Gasteiger partial charge is 0.380 e. The van der Waals surface area contributed by atoms with E-state index in [1.165, 1.54) is 11.1 Å². The second kappa shape index (κ2) is 7.14. The number of ether oxygens (including phenoxy) is 1. The van der Waals surface area contributed by atoms with E-state index < -0.39 is 0 Å². The summed E-state index contributed by atoms with van der Waals surface area (Å²) in [4.78, 5) is 15.0. The predicted molar refractivity (Wildman–Crippen MR) is 98.7 cm³/mol. The molecule has 1 aromatic heterocycles. The first-order valence-corrected chi connectivity index (χ1v) is 8.70. The molecule has 0 aliphatic carbocycles. The summed E-state index contributed by atoms with van der Waals surface area (Å²) in [5.74, 6) is 0.0422. The fraction of sp³-hybridized carbons (Fsp3) is 0.238. The molecule has 1 amide bonds. The number of hydrogen-bond donors (Lipinski definition) is 0. The molecular formula is C21H21N3O2. The van der Waals surface area contributed by atoms with E-state index in [0.29, 0.717) is 25.3 Å². The number of rotatable bonds is 4. The molecule has 1 atom stereocenters. The summed E-state index contributed by atoms with van der Waals surface area (Å²) >= 11 is 0. The van der Waals surface area contributed by atoms with Crippen LogP contribution in [0.5, 0.6) is 0 Å². The van der Waals surface area contributed by atoms with E-state index in [9.17, 15) is 4.79 Å². The van der Waals surface area contributed by atoms with Crippen LogP contribution in [0.3, 0.4) is 0 Å². The molecule has 0 bridgehead atoms. The fourth-order valence-corrected chi connectivity index (χ4v) is 3.52. The SMILES string of the molecule is COCc1ccc(C(=O)N2Cc3ccccc3[C@H](n3cccn3)C2)cc1. The maximum atomic E-state index is 13.1. The van der Waals surface area contributed by atoms with E-state index in [-0.39, 0.29) is 11.9 Å². The van der Waals surface area contributed by atoms with Crippen molar-refractivity contribution >= 4 is 5.91 Å². The highest BCUT2D eigenvalue weighted by Crippen LogP contribution is 2.30. The van der Waals surface area contributed by atoms with Gasteiger partial charge in [-0.25, -0.2) is 0 Å². The number of carbonyl (C=O) groups excluding carboxylic acids is 1. The monoisotopic (exact) mass is 347 g/mol. The van der Waals surface area contributed by atoms with Crippen molar-refractivity contribution in [3.8, 4) is 0 Å². The number of aromatic nitrogens is 2. The Balaban J connectivity index is 1.62. The third-order valence-corrected chi connectivity index (χ3v) is 4.81. The van der Waals surface area contributed by atoms with Crippen molar-refractivity contribution in [3.63, 3.8) is 0 Å². The zero-order valence-electron chi connectivity index (χ0n) is 14.7. The summed E-state index contributed by atoms with van der Waals surface area (Å²) in [6, 6.07) is 17.9. The normalized spacial score (nSPS) is 16.3. The van der Waals surface area contributed by atoms with Gasteiger partial charge in [0.1, 0.15) is 0 Å². The summed E-state index contributed by atoms with van der Waals surface area (Å²) in [6.45, 7) is 1.77. The first-order chi connectivity index (χ1) is 12.8. The van der Waals surface area contributed by atoms with Gasteiger partial charge in [0.05, 0.1) is 12.6 Å². The second-order valence-corrected chi connectivity index (χ2v) is 6.52. The second-order valence-electron chi connectivity index (χ2n) is 6.52. The molecule has 2 aromatic carbocycles. The quantitative estimate of drug-likeness (QED) is 0.728. The maximum absolute atomic E-state index is 13.1. The Morgan fingerprint density at radius 1 is 1.15 bits per heavy atom. The molecular weight excluding hydrogens is 326 g/mol. The Bertz CT molecular complexity index is 888. The van der Waals surface area contributed by atoms with Crippen molar-refractivity contribution in [1.82, 2.24) is 14.7 Å². The summed E-state index contributed by atoms with van der Waals surface area (Å²) in [6.07, 6.45) is 3.73. The van der Waals surface area contributed by atoms with Gasteiger partial charge in [-0.1, -0.05) is 36.4 Å². The highest BCUT2D eigenvalue weighted by molar-refractivity contribution is 5.94. The zero-order chi connectivity index (χ0) is 17.9. The Morgan fingerprint density at radius 3 is 2.69 bits per heavy atom. The van der Waals surface area contributed by atoms with Gasteiger partial charge in [0.2, 0.25) is 0 Å². The van der Waals surface area contributed by atoms with E-state index in [2.05, 4.69) is 17.2 Å². The van der Waals surface area contributed by atoms with E-state index in [0.717, 1.165) is 5.56 Å². The van der Waals surface area contributed by atoms with Crippen molar-refractivity contribution in [3.05, 3.63) is 89.2 Å². The first-order valence-electron chi connectivity index (χ1n) is 8.70. The van der Waals surface area contributed by atoms with E-state index in [1.807, 2.05) is 58.2 Å². The number of benzene rings is 2. The molecule has 1 aliphatic heterocycles. The molecule has 4 rings (SSSR count). The highest BCUT2D eigenvalue weighted by Gasteiger charge is 2.29. The van der Waals surface area contributed by atoms with Gasteiger partial charge in [0.25, 0.3) is 5.91 Å². The van der Waals surface area contributed by atoms with Crippen LogP contribution in [-0.4, -0.2) is 34.2 Å². The van der Waals surface area contributed by atoms with Gasteiger partial charge < -0.3 is 9.64 Å². The minimum absolute atomic E-state index is 0.0339. The third kappa shape index (κ3) is 3.13. The Morgan fingerprint density at radius 2 is 1.96 bits per heavy atom. The molecule has 5 heteroatoms. The van der Waals surface area contributed by atoms with E-state index in [1.54, 1.807) is 13.3 Å². The lowest BCUT2D eigenvalue weighted by Crippen LogP contribution is -2.40. The van der Waals surface area contributed by atoms with Gasteiger partial charge in [-0.15, -0.1) is 0 Å². The van der Waals surface area contributed by atoms with Crippen LogP contribution < -0.4 is 0 Å². The van der Waals surface area contributed by atoms with Crippen LogP contribution in [0.15, 0.2) is 67.0 Å². The lowest BCUT2D eigenvalue weighted by molar-refractivity contribution is 0.0706. The molecule has 0 spiro atoms. The lowest BCUT2D eigenvalue weighted by atomic mass is 9.95. The molecule has 0 N–H and O–H groups in total. The smallest absolute Gasteiger partial charge is 0.254 e. The molecule has 0 radical (unpaired) electrons. The van der Waals surface area contributed by atoms with Gasteiger partial charge in [-0.3, -0.25) is 9.48 Å². The molecule has 5 nitrogen and oxygen atoms in total. The van der Waals surface area contributed by atoms with Crippen LogP contribution in [-0.2, 0) is 17.9 Å². The summed E-state index contributed by atoms with van der Waals surface area (Å²) in [5, 5.41) is 4.40. The topological polar surface area (TPSA) is 47.4 Å². The van der Waals surface area contributed by atoms with Crippen LogP contribution >= 0.6 is 0 Å². The first kappa shape index (κ1) is 16.5. The molecule has 0 saturated carbocycles.